The number of halogens is 2. The second-order valence-corrected chi connectivity index (χ2v) is 6.38. The highest BCUT2D eigenvalue weighted by molar-refractivity contribution is 9.10. The highest BCUT2D eigenvalue weighted by atomic mass is 79.9. The Hall–Kier alpha value is -0.540. The first-order valence-corrected chi connectivity index (χ1v) is 7.46. The number of hydrogen-bond donors (Lipinski definition) is 1. The fraction of sp³-hybridized carbons (Fsp3) is 0.500. The molecule has 2 rings (SSSR count). The number of carbonyl (C=O) groups excluding carboxylic acids is 1. The Bertz CT molecular complexity index is 449. The van der Waals surface area contributed by atoms with E-state index in [0.29, 0.717) is 16.5 Å². The van der Waals surface area contributed by atoms with E-state index < -0.39 is 0 Å². The van der Waals surface area contributed by atoms with Crippen LogP contribution in [0.2, 0.25) is 5.02 Å². The van der Waals surface area contributed by atoms with Crippen molar-refractivity contribution in [2.24, 2.45) is 11.8 Å². The van der Waals surface area contributed by atoms with Gasteiger partial charge in [-0.3, -0.25) is 4.79 Å². The molecule has 1 aliphatic carbocycles. The van der Waals surface area contributed by atoms with E-state index in [1.807, 2.05) is 0 Å². The zero-order valence-corrected chi connectivity index (χ0v) is 12.7. The van der Waals surface area contributed by atoms with Gasteiger partial charge in [0.15, 0.2) is 0 Å². The third-order valence-corrected chi connectivity index (χ3v) is 4.75. The summed E-state index contributed by atoms with van der Waals surface area (Å²) >= 11 is 9.23. The summed E-state index contributed by atoms with van der Waals surface area (Å²) in [5.41, 5.74) is 0.650. The highest BCUT2D eigenvalue weighted by Crippen LogP contribution is 2.29. The molecule has 1 saturated carbocycles. The van der Waals surface area contributed by atoms with Gasteiger partial charge in [0.2, 0.25) is 0 Å². The van der Waals surface area contributed by atoms with Crippen molar-refractivity contribution in [3.8, 4) is 0 Å². The lowest BCUT2D eigenvalue weighted by Crippen LogP contribution is -2.28. The number of rotatable bonds is 3. The highest BCUT2D eigenvalue weighted by Gasteiger charge is 2.21. The number of amides is 1. The summed E-state index contributed by atoms with van der Waals surface area (Å²) in [5.74, 6) is 1.42. The Kier molecular flexibility index (Phi) is 4.68. The average molecular weight is 331 g/mol. The molecule has 2 atom stereocenters. The molecular formula is C14H17BrClNO. The largest absolute Gasteiger partial charge is 0.352 e. The van der Waals surface area contributed by atoms with Gasteiger partial charge in [0.05, 0.1) is 5.02 Å². The lowest BCUT2D eigenvalue weighted by Gasteiger charge is -2.11. The molecule has 0 bridgehead atoms. The maximum atomic E-state index is 12.0. The second-order valence-electron chi connectivity index (χ2n) is 5.12. The summed E-state index contributed by atoms with van der Waals surface area (Å²) in [6.45, 7) is 3.06. The second kappa shape index (κ2) is 6.07. The van der Waals surface area contributed by atoms with Gasteiger partial charge >= 0.3 is 0 Å². The van der Waals surface area contributed by atoms with Crippen molar-refractivity contribution in [1.82, 2.24) is 5.32 Å². The van der Waals surface area contributed by atoms with Crippen molar-refractivity contribution < 1.29 is 4.79 Å². The minimum Gasteiger partial charge on any atom is -0.352 e. The van der Waals surface area contributed by atoms with Crippen LogP contribution in [0.5, 0.6) is 0 Å². The van der Waals surface area contributed by atoms with Gasteiger partial charge in [-0.2, -0.15) is 0 Å². The molecule has 0 heterocycles. The molecule has 0 spiro atoms. The van der Waals surface area contributed by atoms with Crippen LogP contribution in [0.25, 0.3) is 0 Å². The van der Waals surface area contributed by atoms with Gasteiger partial charge in [-0.1, -0.05) is 24.9 Å². The smallest absolute Gasteiger partial charge is 0.251 e. The summed E-state index contributed by atoms with van der Waals surface area (Å²) in [7, 11) is 0. The fourth-order valence-electron chi connectivity index (χ4n) is 2.49. The van der Waals surface area contributed by atoms with E-state index >= 15 is 0 Å². The third kappa shape index (κ3) is 3.48. The maximum absolute atomic E-state index is 12.0. The van der Waals surface area contributed by atoms with Gasteiger partial charge in [0.25, 0.3) is 5.91 Å². The quantitative estimate of drug-likeness (QED) is 0.881. The normalized spacial score (nSPS) is 23.1. The minimum atomic E-state index is -0.0214. The summed E-state index contributed by atoms with van der Waals surface area (Å²) in [6, 6.07) is 5.24. The van der Waals surface area contributed by atoms with Crippen molar-refractivity contribution >= 4 is 33.4 Å². The summed E-state index contributed by atoms with van der Waals surface area (Å²) in [6.07, 6.45) is 3.74. The van der Waals surface area contributed by atoms with E-state index in [2.05, 4.69) is 28.2 Å². The summed E-state index contributed by atoms with van der Waals surface area (Å²) < 4.78 is 0.756. The lowest BCUT2D eigenvalue weighted by molar-refractivity contribution is 0.0947. The molecule has 0 radical (unpaired) electrons. The first-order valence-electron chi connectivity index (χ1n) is 6.29. The van der Waals surface area contributed by atoms with Crippen LogP contribution >= 0.6 is 27.5 Å². The van der Waals surface area contributed by atoms with Crippen LogP contribution in [0.1, 0.15) is 36.5 Å². The van der Waals surface area contributed by atoms with Gasteiger partial charge in [0.1, 0.15) is 0 Å². The lowest BCUT2D eigenvalue weighted by atomic mass is 10.1. The monoisotopic (exact) mass is 329 g/mol. The molecule has 0 aliphatic heterocycles. The molecule has 1 aromatic carbocycles. The molecule has 0 aromatic heterocycles. The summed E-state index contributed by atoms with van der Waals surface area (Å²) in [5, 5.41) is 3.63. The molecular weight excluding hydrogens is 314 g/mol. The Balaban J connectivity index is 1.89. The van der Waals surface area contributed by atoms with Crippen molar-refractivity contribution in [3.63, 3.8) is 0 Å². The van der Waals surface area contributed by atoms with E-state index in [1.54, 1.807) is 18.2 Å². The van der Waals surface area contributed by atoms with Gasteiger partial charge in [-0.15, -0.1) is 0 Å². The molecule has 1 aromatic rings. The Labute approximate surface area is 121 Å². The van der Waals surface area contributed by atoms with E-state index in [9.17, 15) is 4.79 Å². The van der Waals surface area contributed by atoms with Crippen molar-refractivity contribution in [1.29, 1.82) is 0 Å². The van der Waals surface area contributed by atoms with Gasteiger partial charge in [0, 0.05) is 16.6 Å². The SMILES string of the molecule is CC1CCC(CNC(=O)c2ccc(Cl)c(Br)c2)C1. The number of benzene rings is 1. The zero-order chi connectivity index (χ0) is 13.1. The molecule has 4 heteroatoms. The van der Waals surface area contributed by atoms with Gasteiger partial charge in [-0.25, -0.2) is 0 Å². The minimum absolute atomic E-state index is 0.0214. The molecule has 18 heavy (non-hydrogen) atoms. The molecule has 0 saturated heterocycles. The number of carbonyl (C=O) groups is 1. The molecule has 1 fully saturated rings. The van der Waals surface area contributed by atoms with Crippen molar-refractivity contribution in [2.75, 3.05) is 6.54 Å². The predicted molar refractivity (Wildman–Crippen MR) is 78.0 cm³/mol. The molecule has 2 unspecified atom stereocenters. The number of nitrogens with one attached hydrogen (secondary N) is 1. The van der Waals surface area contributed by atoms with Crippen LogP contribution < -0.4 is 5.32 Å². The molecule has 1 aliphatic rings. The van der Waals surface area contributed by atoms with E-state index in [0.717, 1.165) is 16.9 Å². The summed E-state index contributed by atoms with van der Waals surface area (Å²) in [4.78, 5) is 12.0. The first kappa shape index (κ1) is 13.9. The van der Waals surface area contributed by atoms with Gasteiger partial charge in [-0.05, 0) is 58.8 Å². The molecule has 1 amide bonds. The maximum Gasteiger partial charge on any atom is 0.251 e. The van der Waals surface area contributed by atoms with E-state index in [1.165, 1.54) is 19.3 Å². The Morgan fingerprint density at radius 2 is 2.28 bits per heavy atom. The van der Waals surface area contributed by atoms with Crippen LogP contribution in [0.3, 0.4) is 0 Å². The topological polar surface area (TPSA) is 29.1 Å². The molecule has 1 N–H and O–H groups in total. The average Bonchev–Trinajstić information content (AvgIpc) is 2.75. The van der Waals surface area contributed by atoms with Crippen LogP contribution in [0.4, 0.5) is 0 Å². The molecule has 98 valence electrons. The Morgan fingerprint density at radius 1 is 1.50 bits per heavy atom. The van der Waals surface area contributed by atoms with Crippen molar-refractivity contribution in [3.05, 3.63) is 33.3 Å². The van der Waals surface area contributed by atoms with Crippen LogP contribution in [-0.4, -0.2) is 12.5 Å². The number of hydrogen-bond acceptors (Lipinski definition) is 1. The van der Waals surface area contributed by atoms with E-state index in [4.69, 9.17) is 11.6 Å². The first-order chi connectivity index (χ1) is 8.56. The van der Waals surface area contributed by atoms with Crippen molar-refractivity contribution in [2.45, 2.75) is 26.2 Å². The third-order valence-electron chi connectivity index (χ3n) is 3.54. The zero-order valence-electron chi connectivity index (χ0n) is 10.4. The van der Waals surface area contributed by atoms with Crippen LogP contribution in [-0.2, 0) is 0 Å². The Morgan fingerprint density at radius 3 is 2.89 bits per heavy atom. The molecule has 2 nitrogen and oxygen atoms in total. The fourth-order valence-corrected chi connectivity index (χ4v) is 2.98. The van der Waals surface area contributed by atoms with E-state index in [-0.39, 0.29) is 5.91 Å². The van der Waals surface area contributed by atoms with Crippen LogP contribution in [0, 0.1) is 11.8 Å². The van der Waals surface area contributed by atoms with Gasteiger partial charge < -0.3 is 5.32 Å². The van der Waals surface area contributed by atoms with Crippen LogP contribution in [0.15, 0.2) is 22.7 Å². The standard InChI is InChI=1S/C14H17BrClNO/c1-9-2-3-10(6-9)8-17-14(18)11-4-5-13(16)12(15)7-11/h4-5,7,9-10H,2-3,6,8H2,1H3,(H,17,18). The predicted octanol–water partition coefficient (Wildman–Crippen LogP) is 4.27.